The Labute approximate surface area is 130 Å². The minimum atomic E-state index is -0.585. The van der Waals surface area contributed by atoms with Gasteiger partial charge in [-0.25, -0.2) is 9.78 Å². The number of ether oxygens (including phenoxy) is 1. The number of hydrogen-bond donors (Lipinski definition) is 1. The molecule has 2 N–H and O–H groups in total. The van der Waals surface area contributed by atoms with Crippen molar-refractivity contribution in [1.29, 1.82) is 0 Å². The summed E-state index contributed by atoms with van der Waals surface area (Å²) in [5.41, 5.74) is 5.65. The molecule has 1 aromatic rings. The molecule has 2 rings (SSSR count). The Balaban J connectivity index is 2.10. The zero-order chi connectivity index (χ0) is 16.5. The summed E-state index contributed by atoms with van der Waals surface area (Å²) in [7, 11) is 0. The summed E-state index contributed by atoms with van der Waals surface area (Å²) in [6.07, 6.45) is 1.09. The van der Waals surface area contributed by atoms with E-state index in [-0.39, 0.29) is 18.5 Å². The fraction of sp³-hybridized carbons (Fsp3) is 0.533. The summed E-state index contributed by atoms with van der Waals surface area (Å²) >= 11 is 0. The van der Waals surface area contributed by atoms with Gasteiger partial charge in [0.1, 0.15) is 18.0 Å². The molecule has 0 bridgehead atoms. The maximum absolute atomic E-state index is 12.3. The van der Waals surface area contributed by atoms with E-state index in [1.165, 1.54) is 4.90 Å². The highest BCUT2D eigenvalue weighted by Crippen LogP contribution is 2.21. The quantitative estimate of drug-likeness (QED) is 0.852. The third-order valence-electron chi connectivity index (χ3n) is 3.30. The summed E-state index contributed by atoms with van der Waals surface area (Å²) in [5, 5.41) is 0. The van der Waals surface area contributed by atoms with Gasteiger partial charge in [-0.05, 0) is 39.8 Å². The number of nitrogen functional groups attached to an aromatic ring is 1. The Morgan fingerprint density at radius 2 is 2.09 bits per heavy atom. The molecule has 1 aromatic heterocycles. The second kappa shape index (κ2) is 5.82. The van der Waals surface area contributed by atoms with Crippen molar-refractivity contribution in [2.75, 3.05) is 23.7 Å². The van der Waals surface area contributed by atoms with Crippen LogP contribution in [0.5, 0.6) is 0 Å². The molecule has 1 fully saturated rings. The second-order valence-corrected chi connectivity index (χ2v) is 6.40. The number of nitrogens with zero attached hydrogens (tertiary/aromatic N) is 3. The van der Waals surface area contributed by atoms with Gasteiger partial charge in [0.15, 0.2) is 0 Å². The summed E-state index contributed by atoms with van der Waals surface area (Å²) < 4.78 is 5.34. The molecule has 0 aliphatic carbocycles. The van der Waals surface area contributed by atoms with Gasteiger partial charge in [-0.1, -0.05) is 0 Å². The number of carbonyl (C=O) groups excluding carboxylic acids is 2. The standard InChI is InChI=1S/C15H22N4O3/c1-10-8-19(11-5-6-12(16)17-7-11)13(20)9-18(10)14(21)22-15(2,3)4/h5-7,10H,8-9H2,1-4H3,(H2,16,17). The van der Waals surface area contributed by atoms with Gasteiger partial charge in [0.2, 0.25) is 5.91 Å². The van der Waals surface area contributed by atoms with Crippen LogP contribution in [0.1, 0.15) is 27.7 Å². The molecular formula is C15H22N4O3. The number of amides is 2. The summed E-state index contributed by atoms with van der Waals surface area (Å²) in [6.45, 7) is 7.66. The normalized spacial score (nSPS) is 19.3. The first kappa shape index (κ1) is 16.1. The fourth-order valence-electron chi connectivity index (χ4n) is 2.22. The molecule has 1 atom stereocenters. The van der Waals surface area contributed by atoms with Gasteiger partial charge in [-0.15, -0.1) is 0 Å². The molecule has 2 amide bonds. The van der Waals surface area contributed by atoms with E-state index < -0.39 is 11.7 Å². The maximum atomic E-state index is 12.3. The average molecular weight is 306 g/mol. The van der Waals surface area contributed by atoms with Crippen molar-refractivity contribution in [2.24, 2.45) is 0 Å². The molecule has 1 unspecified atom stereocenters. The number of aromatic nitrogens is 1. The van der Waals surface area contributed by atoms with E-state index in [1.807, 2.05) is 6.92 Å². The second-order valence-electron chi connectivity index (χ2n) is 6.40. The van der Waals surface area contributed by atoms with E-state index in [1.54, 1.807) is 44.0 Å². The molecule has 7 nitrogen and oxygen atoms in total. The molecule has 22 heavy (non-hydrogen) atoms. The van der Waals surface area contributed by atoms with E-state index in [2.05, 4.69) is 4.98 Å². The third kappa shape index (κ3) is 3.66. The number of rotatable bonds is 1. The molecule has 1 aliphatic rings. The Kier molecular flexibility index (Phi) is 4.25. The Morgan fingerprint density at radius 3 is 2.64 bits per heavy atom. The molecule has 1 aliphatic heterocycles. The number of piperazine rings is 1. The van der Waals surface area contributed by atoms with Gasteiger partial charge in [0, 0.05) is 6.54 Å². The predicted octanol–water partition coefficient (Wildman–Crippen LogP) is 1.64. The van der Waals surface area contributed by atoms with Crippen LogP contribution in [-0.2, 0) is 9.53 Å². The average Bonchev–Trinajstić information content (AvgIpc) is 2.40. The molecular weight excluding hydrogens is 284 g/mol. The van der Waals surface area contributed by atoms with Crippen molar-refractivity contribution >= 4 is 23.5 Å². The van der Waals surface area contributed by atoms with Crippen molar-refractivity contribution in [3.8, 4) is 0 Å². The molecule has 2 heterocycles. The zero-order valence-electron chi connectivity index (χ0n) is 13.4. The number of carbonyl (C=O) groups is 2. The Morgan fingerprint density at radius 1 is 1.41 bits per heavy atom. The van der Waals surface area contributed by atoms with Crippen molar-refractivity contribution in [3.63, 3.8) is 0 Å². The number of nitrogens with two attached hydrogens (primary N) is 1. The number of hydrogen-bond acceptors (Lipinski definition) is 5. The van der Waals surface area contributed by atoms with Crippen LogP contribution in [0.2, 0.25) is 0 Å². The monoisotopic (exact) mass is 306 g/mol. The highest BCUT2D eigenvalue weighted by Gasteiger charge is 2.35. The highest BCUT2D eigenvalue weighted by molar-refractivity contribution is 5.97. The first-order valence-corrected chi connectivity index (χ1v) is 7.19. The van der Waals surface area contributed by atoms with Crippen molar-refractivity contribution in [3.05, 3.63) is 18.3 Å². The number of pyridine rings is 1. The van der Waals surface area contributed by atoms with Gasteiger partial charge in [-0.3, -0.25) is 9.69 Å². The van der Waals surface area contributed by atoms with Crippen LogP contribution in [0.15, 0.2) is 18.3 Å². The first-order chi connectivity index (χ1) is 10.2. The first-order valence-electron chi connectivity index (χ1n) is 7.19. The summed E-state index contributed by atoms with van der Waals surface area (Å²) in [4.78, 5) is 31.5. The molecule has 0 saturated carbocycles. The van der Waals surface area contributed by atoms with Gasteiger partial charge >= 0.3 is 6.09 Å². The van der Waals surface area contributed by atoms with E-state index in [4.69, 9.17) is 10.5 Å². The van der Waals surface area contributed by atoms with E-state index >= 15 is 0 Å². The predicted molar refractivity (Wildman–Crippen MR) is 83.4 cm³/mol. The Hall–Kier alpha value is -2.31. The van der Waals surface area contributed by atoms with Crippen LogP contribution in [0.25, 0.3) is 0 Å². The largest absolute Gasteiger partial charge is 0.444 e. The van der Waals surface area contributed by atoms with Crippen LogP contribution in [0.3, 0.4) is 0 Å². The Bertz CT molecular complexity index is 565. The van der Waals surface area contributed by atoms with Crippen molar-refractivity contribution in [2.45, 2.75) is 39.3 Å². The van der Waals surface area contributed by atoms with Crippen LogP contribution >= 0.6 is 0 Å². The molecule has 120 valence electrons. The maximum Gasteiger partial charge on any atom is 0.411 e. The van der Waals surface area contributed by atoms with Gasteiger partial charge in [0.05, 0.1) is 17.9 Å². The topological polar surface area (TPSA) is 88.8 Å². The highest BCUT2D eigenvalue weighted by atomic mass is 16.6. The van der Waals surface area contributed by atoms with Gasteiger partial charge in [-0.2, -0.15) is 0 Å². The number of anilines is 2. The minimum Gasteiger partial charge on any atom is -0.444 e. The van der Waals surface area contributed by atoms with Gasteiger partial charge < -0.3 is 15.4 Å². The lowest BCUT2D eigenvalue weighted by Crippen LogP contribution is -2.57. The SMILES string of the molecule is CC1CN(c2ccc(N)nc2)C(=O)CN1C(=O)OC(C)(C)C. The lowest BCUT2D eigenvalue weighted by Gasteiger charge is -2.39. The molecule has 7 heteroatoms. The molecule has 1 saturated heterocycles. The zero-order valence-corrected chi connectivity index (χ0v) is 13.4. The fourth-order valence-corrected chi connectivity index (χ4v) is 2.22. The lowest BCUT2D eigenvalue weighted by molar-refractivity contribution is -0.122. The molecule has 0 aromatic carbocycles. The lowest BCUT2D eigenvalue weighted by atomic mass is 10.1. The minimum absolute atomic E-state index is 0.0134. The van der Waals surface area contributed by atoms with E-state index in [0.717, 1.165) is 0 Å². The van der Waals surface area contributed by atoms with Crippen LogP contribution in [0, 0.1) is 0 Å². The molecule has 0 radical (unpaired) electrons. The third-order valence-corrected chi connectivity index (χ3v) is 3.30. The van der Waals surface area contributed by atoms with Crippen LogP contribution in [0.4, 0.5) is 16.3 Å². The van der Waals surface area contributed by atoms with Gasteiger partial charge in [0.25, 0.3) is 0 Å². The summed E-state index contributed by atoms with van der Waals surface area (Å²) in [5.74, 6) is 0.229. The van der Waals surface area contributed by atoms with Crippen LogP contribution < -0.4 is 10.6 Å². The van der Waals surface area contributed by atoms with Crippen molar-refractivity contribution in [1.82, 2.24) is 9.88 Å². The summed E-state index contributed by atoms with van der Waals surface area (Å²) in [6, 6.07) is 3.24. The van der Waals surface area contributed by atoms with E-state index in [9.17, 15) is 9.59 Å². The van der Waals surface area contributed by atoms with Crippen molar-refractivity contribution < 1.29 is 14.3 Å². The van der Waals surface area contributed by atoms with Crippen LogP contribution in [-0.4, -0.2) is 46.6 Å². The molecule has 0 spiro atoms. The smallest absolute Gasteiger partial charge is 0.411 e. The van der Waals surface area contributed by atoms with E-state index in [0.29, 0.717) is 18.1 Å².